The van der Waals surface area contributed by atoms with E-state index in [1.807, 2.05) is 66.2 Å². The minimum Gasteiger partial charge on any atom is -0.376 e. The van der Waals surface area contributed by atoms with Gasteiger partial charge in [-0.05, 0) is 29.6 Å². The summed E-state index contributed by atoms with van der Waals surface area (Å²) < 4.78 is 2.93. The van der Waals surface area contributed by atoms with E-state index in [2.05, 4.69) is 20.5 Å². The number of hydrogen-bond donors (Lipinski definition) is 1. The average Bonchev–Trinajstić information content (AvgIpc) is 3.33. The fourth-order valence-corrected chi connectivity index (χ4v) is 3.74. The summed E-state index contributed by atoms with van der Waals surface area (Å²) in [6, 6.07) is 18.0. The quantitative estimate of drug-likeness (QED) is 0.526. The standard InChI is InChI=1S/C19H14N6S/c1-2-4-13(5-3-1)14-6-7-17-22-23-18(25(17)24-14)12-21-15-8-10-20-16-9-11-26-19(15)16/h1-11H,12H2,(H,20,21). The number of anilines is 1. The van der Waals surface area contributed by atoms with Crippen LogP contribution in [-0.4, -0.2) is 24.8 Å². The Morgan fingerprint density at radius 2 is 1.88 bits per heavy atom. The van der Waals surface area contributed by atoms with E-state index in [4.69, 9.17) is 5.10 Å². The second-order valence-corrected chi connectivity index (χ2v) is 6.73. The highest BCUT2D eigenvalue weighted by Gasteiger charge is 2.10. The van der Waals surface area contributed by atoms with E-state index in [0.29, 0.717) is 6.54 Å². The van der Waals surface area contributed by atoms with E-state index < -0.39 is 0 Å². The van der Waals surface area contributed by atoms with Crippen molar-refractivity contribution in [3.8, 4) is 11.3 Å². The molecule has 0 bridgehead atoms. The molecule has 0 unspecified atom stereocenters. The summed E-state index contributed by atoms with van der Waals surface area (Å²) in [4.78, 5) is 4.37. The Morgan fingerprint density at radius 3 is 2.81 bits per heavy atom. The van der Waals surface area contributed by atoms with Crippen molar-refractivity contribution >= 4 is 32.9 Å². The Labute approximate surface area is 153 Å². The maximum Gasteiger partial charge on any atom is 0.178 e. The molecular weight excluding hydrogens is 344 g/mol. The zero-order chi connectivity index (χ0) is 17.3. The van der Waals surface area contributed by atoms with E-state index in [1.54, 1.807) is 15.9 Å². The lowest BCUT2D eigenvalue weighted by molar-refractivity contribution is 0.832. The predicted octanol–water partition coefficient (Wildman–Crippen LogP) is 4.01. The Hall–Kier alpha value is -3.32. The number of rotatable bonds is 4. The lowest BCUT2D eigenvalue weighted by atomic mass is 10.1. The molecule has 0 amide bonds. The van der Waals surface area contributed by atoms with Crippen LogP contribution in [0.2, 0.25) is 0 Å². The molecule has 26 heavy (non-hydrogen) atoms. The first-order valence-electron chi connectivity index (χ1n) is 8.21. The van der Waals surface area contributed by atoms with Gasteiger partial charge in [-0.15, -0.1) is 21.5 Å². The molecule has 1 N–H and O–H groups in total. The van der Waals surface area contributed by atoms with Crippen molar-refractivity contribution in [3.63, 3.8) is 0 Å². The Bertz CT molecular complexity index is 1190. The molecule has 0 aliphatic rings. The van der Waals surface area contributed by atoms with Crippen LogP contribution in [0.4, 0.5) is 5.69 Å². The van der Waals surface area contributed by atoms with Gasteiger partial charge in [0.15, 0.2) is 11.5 Å². The molecule has 5 aromatic rings. The van der Waals surface area contributed by atoms with Gasteiger partial charge in [-0.1, -0.05) is 30.3 Å². The topological polar surface area (TPSA) is 68.0 Å². The van der Waals surface area contributed by atoms with E-state index in [0.717, 1.165) is 38.6 Å². The normalized spacial score (nSPS) is 11.2. The summed E-state index contributed by atoms with van der Waals surface area (Å²) in [7, 11) is 0. The van der Waals surface area contributed by atoms with Crippen molar-refractivity contribution in [3.05, 3.63) is 72.0 Å². The van der Waals surface area contributed by atoms with Crippen LogP contribution in [0, 0.1) is 0 Å². The average molecular weight is 358 g/mol. The lowest BCUT2D eigenvalue weighted by Gasteiger charge is -2.06. The van der Waals surface area contributed by atoms with Crippen molar-refractivity contribution in [1.29, 1.82) is 0 Å². The molecule has 0 aliphatic carbocycles. The van der Waals surface area contributed by atoms with Gasteiger partial charge in [0.25, 0.3) is 0 Å². The number of aromatic nitrogens is 5. The van der Waals surface area contributed by atoms with Crippen LogP contribution in [0.3, 0.4) is 0 Å². The summed E-state index contributed by atoms with van der Waals surface area (Å²) in [5.74, 6) is 0.763. The first-order chi connectivity index (χ1) is 12.9. The second-order valence-electron chi connectivity index (χ2n) is 5.82. The minimum atomic E-state index is 0.531. The van der Waals surface area contributed by atoms with Crippen LogP contribution in [0.5, 0.6) is 0 Å². The Balaban J connectivity index is 1.48. The number of benzene rings is 1. The van der Waals surface area contributed by atoms with Gasteiger partial charge in [0.2, 0.25) is 0 Å². The molecule has 0 fully saturated rings. The molecule has 1 aromatic carbocycles. The zero-order valence-corrected chi connectivity index (χ0v) is 14.5. The molecule has 7 heteroatoms. The smallest absolute Gasteiger partial charge is 0.178 e. The van der Waals surface area contributed by atoms with Crippen LogP contribution in [-0.2, 0) is 6.54 Å². The summed E-state index contributed by atoms with van der Waals surface area (Å²) in [5, 5.41) is 18.7. The van der Waals surface area contributed by atoms with Crippen LogP contribution in [0.25, 0.3) is 27.1 Å². The summed E-state index contributed by atoms with van der Waals surface area (Å²) in [6.07, 6.45) is 1.81. The van der Waals surface area contributed by atoms with Gasteiger partial charge in [0.05, 0.1) is 28.1 Å². The number of thiophene rings is 1. The van der Waals surface area contributed by atoms with Crippen LogP contribution >= 0.6 is 11.3 Å². The summed E-state index contributed by atoms with van der Waals surface area (Å²) in [6.45, 7) is 0.531. The molecule has 0 radical (unpaired) electrons. The van der Waals surface area contributed by atoms with Crippen LogP contribution in [0.15, 0.2) is 66.2 Å². The monoisotopic (exact) mass is 358 g/mol. The fourth-order valence-electron chi connectivity index (χ4n) is 2.89. The van der Waals surface area contributed by atoms with Gasteiger partial charge in [-0.2, -0.15) is 9.61 Å². The highest BCUT2D eigenvalue weighted by Crippen LogP contribution is 2.27. The third-order valence-corrected chi connectivity index (χ3v) is 5.11. The van der Waals surface area contributed by atoms with Crippen molar-refractivity contribution < 1.29 is 0 Å². The zero-order valence-electron chi connectivity index (χ0n) is 13.7. The first-order valence-corrected chi connectivity index (χ1v) is 9.09. The summed E-state index contributed by atoms with van der Waals surface area (Å²) >= 11 is 1.67. The van der Waals surface area contributed by atoms with Gasteiger partial charge in [-0.25, -0.2) is 0 Å². The van der Waals surface area contributed by atoms with E-state index in [-0.39, 0.29) is 0 Å². The van der Waals surface area contributed by atoms with Crippen molar-refractivity contribution in [2.75, 3.05) is 5.32 Å². The molecule has 6 nitrogen and oxygen atoms in total. The molecule has 0 aliphatic heterocycles. The highest BCUT2D eigenvalue weighted by molar-refractivity contribution is 7.17. The first kappa shape index (κ1) is 15.0. The third-order valence-electron chi connectivity index (χ3n) is 4.18. The minimum absolute atomic E-state index is 0.531. The predicted molar refractivity (Wildman–Crippen MR) is 103 cm³/mol. The number of nitrogens with one attached hydrogen (secondary N) is 1. The lowest BCUT2D eigenvalue weighted by Crippen LogP contribution is -2.06. The van der Waals surface area contributed by atoms with Crippen LogP contribution in [0.1, 0.15) is 5.82 Å². The molecule has 0 spiro atoms. The molecule has 0 saturated heterocycles. The van der Waals surface area contributed by atoms with Gasteiger partial charge in [0, 0.05) is 11.8 Å². The highest BCUT2D eigenvalue weighted by atomic mass is 32.1. The molecule has 4 heterocycles. The molecule has 126 valence electrons. The van der Waals surface area contributed by atoms with E-state index >= 15 is 0 Å². The number of hydrogen-bond acceptors (Lipinski definition) is 6. The fraction of sp³-hybridized carbons (Fsp3) is 0.0526. The molecule has 5 rings (SSSR count). The van der Waals surface area contributed by atoms with Crippen molar-refractivity contribution in [2.24, 2.45) is 0 Å². The van der Waals surface area contributed by atoms with Gasteiger partial charge in [-0.3, -0.25) is 4.98 Å². The molecule has 4 aromatic heterocycles. The van der Waals surface area contributed by atoms with E-state index in [1.165, 1.54) is 0 Å². The van der Waals surface area contributed by atoms with Gasteiger partial charge in [0.1, 0.15) is 0 Å². The molecule has 0 atom stereocenters. The maximum atomic E-state index is 4.71. The van der Waals surface area contributed by atoms with E-state index in [9.17, 15) is 0 Å². The number of pyridine rings is 1. The Kier molecular flexibility index (Phi) is 3.57. The largest absolute Gasteiger partial charge is 0.376 e. The maximum absolute atomic E-state index is 4.71. The van der Waals surface area contributed by atoms with Crippen molar-refractivity contribution in [1.82, 2.24) is 24.8 Å². The Morgan fingerprint density at radius 1 is 0.962 bits per heavy atom. The second kappa shape index (κ2) is 6.20. The number of nitrogens with zero attached hydrogens (tertiary/aromatic N) is 5. The molecule has 0 saturated carbocycles. The third kappa shape index (κ3) is 2.58. The molecular formula is C19H14N6S. The summed E-state index contributed by atoms with van der Waals surface area (Å²) in [5.41, 5.74) is 4.73. The van der Waals surface area contributed by atoms with Crippen molar-refractivity contribution in [2.45, 2.75) is 6.54 Å². The number of fused-ring (bicyclic) bond motifs is 2. The van der Waals surface area contributed by atoms with Gasteiger partial charge < -0.3 is 5.32 Å². The SMILES string of the molecule is c1ccc(-c2ccc3nnc(CNc4ccnc5ccsc45)n3n2)cc1. The van der Waals surface area contributed by atoms with Crippen LogP contribution < -0.4 is 5.32 Å². The van der Waals surface area contributed by atoms with Gasteiger partial charge >= 0.3 is 0 Å².